The van der Waals surface area contributed by atoms with Gasteiger partial charge in [0.25, 0.3) is 0 Å². The van der Waals surface area contributed by atoms with Crippen LogP contribution in [0.1, 0.15) is 15.9 Å². The van der Waals surface area contributed by atoms with Crippen molar-refractivity contribution < 1.29 is 9.53 Å². The van der Waals surface area contributed by atoms with E-state index in [-0.39, 0.29) is 5.97 Å². The smallest absolute Gasteiger partial charge is 0.340 e. The SMILES string of the molecule is O=C1OCCc2cc(-c3ccccc3)nc(-c3cccs3)c21. The van der Waals surface area contributed by atoms with Gasteiger partial charge in [-0.15, -0.1) is 11.3 Å². The number of hydrogen-bond acceptors (Lipinski definition) is 4. The van der Waals surface area contributed by atoms with Crippen molar-refractivity contribution in [2.24, 2.45) is 0 Å². The molecule has 0 N–H and O–H groups in total. The first-order chi connectivity index (χ1) is 10.8. The molecule has 1 aliphatic rings. The number of ether oxygens (including phenoxy) is 1. The Bertz CT molecular complexity index is 826. The van der Waals surface area contributed by atoms with Crippen LogP contribution in [0.3, 0.4) is 0 Å². The molecule has 108 valence electrons. The Kier molecular flexibility index (Phi) is 3.24. The maximum Gasteiger partial charge on any atom is 0.340 e. The van der Waals surface area contributed by atoms with Crippen LogP contribution in [0.25, 0.3) is 21.8 Å². The molecule has 1 aliphatic heterocycles. The highest BCUT2D eigenvalue weighted by Gasteiger charge is 2.25. The molecule has 0 saturated heterocycles. The molecule has 3 heterocycles. The van der Waals surface area contributed by atoms with Crippen LogP contribution in [0.5, 0.6) is 0 Å². The standard InChI is InChI=1S/C18H13NO2S/c20-18-16-13(8-9-21-18)11-14(12-5-2-1-3-6-12)19-17(16)15-7-4-10-22-15/h1-7,10-11H,8-9H2. The number of benzene rings is 1. The molecule has 0 bridgehead atoms. The maximum atomic E-state index is 12.2. The van der Waals surface area contributed by atoms with Crippen LogP contribution >= 0.6 is 11.3 Å². The number of carbonyl (C=O) groups excluding carboxylic acids is 1. The first-order valence-electron chi connectivity index (χ1n) is 7.13. The van der Waals surface area contributed by atoms with Crippen LogP contribution in [0.15, 0.2) is 53.9 Å². The summed E-state index contributed by atoms with van der Waals surface area (Å²) in [4.78, 5) is 17.9. The lowest BCUT2D eigenvalue weighted by Gasteiger charge is -2.19. The molecule has 0 atom stereocenters. The van der Waals surface area contributed by atoms with Crippen molar-refractivity contribution in [1.29, 1.82) is 0 Å². The van der Waals surface area contributed by atoms with Crippen molar-refractivity contribution in [3.05, 3.63) is 65.0 Å². The second kappa shape index (κ2) is 5.39. The van der Waals surface area contributed by atoms with Crippen LogP contribution in [-0.4, -0.2) is 17.6 Å². The highest BCUT2D eigenvalue weighted by Crippen LogP contribution is 2.33. The molecular formula is C18H13NO2S. The summed E-state index contributed by atoms with van der Waals surface area (Å²) >= 11 is 1.58. The number of thiophene rings is 1. The van der Waals surface area contributed by atoms with Crippen molar-refractivity contribution in [2.45, 2.75) is 6.42 Å². The highest BCUT2D eigenvalue weighted by molar-refractivity contribution is 7.13. The minimum Gasteiger partial charge on any atom is -0.462 e. The van der Waals surface area contributed by atoms with Crippen molar-refractivity contribution in [3.63, 3.8) is 0 Å². The number of nitrogens with zero attached hydrogens (tertiary/aromatic N) is 1. The van der Waals surface area contributed by atoms with E-state index in [9.17, 15) is 4.79 Å². The fourth-order valence-corrected chi connectivity index (χ4v) is 3.42. The van der Waals surface area contributed by atoms with E-state index < -0.39 is 0 Å². The fourth-order valence-electron chi connectivity index (χ4n) is 2.70. The van der Waals surface area contributed by atoms with E-state index in [0.717, 1.165) is 33.8 Å². The van der Waals surface area contributed by atoms with Gasteiger partial charge in [-0.3, -0.25) is 0 Å². The molecule has 4 rings (SSSR count). The number of fused-ring (bicyclic) bond motifs is 1. The zero-order valence-electron chi connectivity index (χ0n) is 11.8. The lowest BCUT2D eigenvalue weighted by atomic mass is 9.98. The Labute approximate surface area is 132 Å². The van der Waals surface area contributed by atoms with E-state index in [0.29, 0.717) is 12.2 Å². The topological polar surface area (TPSA) is 39.2 Å². The minimum absolute atomic E-state index is 0.267. The molecule has 2 aromatic heterocycles. The van der Waals surface area contributed by atoms with Gasteiger partial charge in [0.05, 0.1) is 28.4 Å². The van der Waals surface area contributed by atoms with E-state index in [2.05, 4.69) is 0 Å². The summed E-state index contributed by atoms with van der Waals surface area (Å²) in [5, 5.41) is 1.99. The highest BCUT2D eigenvalue weighted by atomic mass is 32.1. The van der Waals surface area contributed by atoms with E-state index in [1.54, 1.807) is 11.3 Å². The van der Waals surface area contributed by atoms with Gasteiger partial charge in [-0.2, -0.15) is 0 Å². The number of cyclic esters (lactones) is 1. The Morgan fingerprint density at radius 3 is 2.73 bits per heavy atom. The molecule has 0 saturated carbocycles. The van der Waals surface area contributed by atoms with Crippen molar-refractivity contribution in [2.75, 3.05) is 6.61 Å². The summed E-state index contributed by atoms with van der Waals surface area (Å²) < 4.78 is 5.21. The van der Waals surface area contributed by atoms with Gasteiger partial charge in [-0.1, -0.05) is 36.4 Å². The second-order valence-electron chi connectivity index (χ2n) is 5.12. The van der Waals surface area contributed by atoms with Gasteiger partial charge in [-0.25, -0.2) is 9.78 Å². The van der Waals surface area contributed by atoms with Crippen LogP contribution in [0.2, 0.25) is 0 Å². The van der Waals surface area contributed by atoms with Crippen LogP contribution in [-0.2, 0) is 11.2 Å². The van der Waals surface area contributed by atoms with E-state index in [1.807, 2.05) is 53.9 Å². The number of hydrogen-bond donors (Lipinski definition) is 0. The third kappa shape index (κ3) is 2.22. The molecule has 3 aromatic rings. The van der Waals surface area contributed by atoms with Gasteiger partial charge in [0.15, 0.2) is 0 Å². The van der Waals surface area contributed by atoms with Crippen molar-refractivity contribution in [3.8, 4) is 21.8 Å². The molecule has 0 unspecified atom stereocenters. The second-order valence-corrected chi connectivity index (χ2v) is 6.07. The first kappa shape index (κ1) is 13.2. The average Bonchev–Trinajstić information content (AvgIpc) is 3.09. The zero-order chi connectivity index (χ0) is 14.9. The third-order valence-corrected chi connectivity index (χ3v) is 4.61. The van der Waals surface area contributed by atoms with Gasteiger partial charge >= 0.3 is 5.97 Å². The Morgan fingerprint density at radius 1 is 1.09 bits per heavy atom. The summed E-state index contributed by atoms with van der Waals surface area (Å²) in [5.41, 5.74) is 4.33. The Balaban J connectivity index is 1.97. The van der Waals surface area contributed by atoms with Crippen molar-refractivity contribution in [1.82, 2.24) is 4.98 Å². The monoisotopic (exact) mass is 307 g/mol. The molecule has 22 heavy (non-hydrogen) atoms. The summed E-state index contributed by atoms with van der Waals surface area (Å²) in [5.74, 6) is -0.267. The van der Waals surface area contributed by atoms with Gasteiger partial charge in [0.2, 0.25) is 0 Å². The van der Waals surface area contributed by atoms with Crippen LogP contribution in [0, 0.1) is 0 Å². The summed E-state index contributed by atoms with van der Waals surface area (Å²) in [7, 11) is 0. The number of esters is 1. The third-order valence-electron chi connectivity index (χ3n) is 3.73. The fraction of sp³-hybridized carbons (Fsp3) is 0.111. The normalized spacial score (nSPS) is 13.5. The molecule has 0 radical (unpaired) electrons. The largest absolute Gasteiger partial charge is 0.462 e. The number of pyridine rings is 1. The molecule has 1 aromatic carbocycles. The van der Waals surface area contributed by atoms with E-state index >= 15 is 0 Å². The number of aromatic nitrogens is 1. The van der Waals surface area contributed by atoms with Crippen molar-refractivity contribution >= 4 is 17.3 Å². The zero-order valence-corrected chi connectivity index (χ0v) is 12.6. The van der Waals surface area contributed by atoms with Gasteiger partial charge in [0.1, 0.15) is 0 Å². The molecule has 0 aliphatic carbocycles. The van der Waals surface area contributed by atoms with Gasteiger partial charge in [0, 0.05) is 12.0 Å². The van der Waals surface area contributed by atoms with E-state index in [1.165, 1.54) is 0 Å². The summed E-state index contributed by atoms with van der Waals surface area (Å²) in [6, 6.07) is 16.0. The summed E-state index contributed by atoms with van der Waals surface area (Å²) in [6.45, 7) is 0.438. The predicted molar refractivity (Wildman–Crippen MR) is 87.0 cm³/mol. The number of rotatable bonds is 2. The number of carbonyl (C=O) groups is 1. The maximum absolute atomic E-state index is 12.2. The molecule has 0 fully saturated rings. The first-order valence-corrected chi connectivity index (χ1v) is 8.01. The Hall–Kier alpha value is -2.46. The average molecular weight is 307 g/mol. The minimum atomic E-state index is -0.267. The Morgan fingerprint density at radius 2 is 1.95 bits per heavy atom. The molecular weight excluding hydrogens is 294 g/mol. The summed E-state index contributed by atoms with van der Waals surface area (Å²) in [6.07, 6.45) is 0.738. The van der Waals surface area contributed by atoms with Crippen LogP contribution in [0.4, 0.5) is 0 Å². The lowest BCUT2D eigenvalue weighted by Crippen LogP contribution is -2.19. The quantitative estimate of drug-likeness (QED) is 0.666. The van der Waals surface area contributed by atoms with Gasteiger partial charge < -0.3 is 4.74 Å². The van der Waals surface area contributed by atoms with Crippen LogP contribution < -0.4 is 0 Å². The molecule has 3 nitrogen and oxygen atoms in total. The lowest BCUT2D eigenvalue weighted by molar-refractivity contribution is 0.0481. The molecule has 0 amide bonds. The predicted octanol–water partition coefficient (Wildman–Crippen LogP) is 4.19. The van der Waals surface area contributed by atoms with E-state index in [4.69, 9.17) is 9.72 Å². The molecule has 0 spiro atoms. The van der Waals surface area contributed by atoms with Gasteiger partial charge in [-0.05, 0) is 23.1 Å². The molecule has 4 heteroatoms.